The number of hydrogen-bond donors (Lipinski definition) is 1. The van der Waals surface area contributed by atoms with Crippen molar-refractivity contribution in [2.24, 2.45) is 0 Å². The lowest BCUT2D eigenvalue weighted by molar-refractivity contribution is -0.667. The van der Waals surface area contributed by atoms with Crippen molar-refractivity contribution in [3.63, 3.8) is 0 Å². The summed E-state index contributed by atoms with van der Waals surface area (Å²) in [6, 6.07) is 8.34. The molecule has 1 aromatic heterocycles. The largest absolute Gasteiger partial charge is 0.385 e. The van der Waals surface area contributed by atoms with Crippen molar-refractivity contribution in [1.29, 1.82) is 0 Å². The van der Waals surface area contributed by atoms with Crippen molar-refractivity contribution in [2.75, 3.05) is 18.5 Å². The first-order chi connectivity index (χ1) is 7.25. The average molecular weight is 221 g/mol. The van der Waals surface area contributed by atoms with E-state index in [1.54, 1.807) is 11.3 Å². The minimum atomic E-state index is -0.259. The molecule has 1 aliphatic rings. The highest BCUT2D eigenvalue weighted by Crippen LogP contribution is 2.28. The van der Waals surface area contributed by atoms with E-state index in [4.69, 9.17) is 0 Å². The minimum Gasteiger partial charge on any atom is -0.385 e. The van der Waals surface area contributed by atoms with Gasteiger partial charge in [0.05, 0.1) is 11.7 Å². The lowest BCUT2D eigenvalue weighted by Gasteiger charge is -2.21. The predicted octanol–water partition coefficient (Wildman–Crippen LogP) is 0.999. The molecule has 0 radical (unpaired) electrons. The molecule has 1 N–H and O–H groups in total. The van der Waals surface area contributed by atoms with E-state index in [2.05, 4.69) is 27.7 Å². The van der Waals surface area contributed by atoms with Crippen LogP contribution < -0.4 is 9.47 Å². The Morgan fingerprint density at radius 2 is 2.27 bits per heavy atom. The van der Waals surface area contributed by atoms with Gasteiger partial charge in [-0.15, -0.1) is 0 Å². The van der Waals surface area contributed by atoms with Gasteiger partial charge in [0.1, 0.15) is 24.7 Å². The Balaban J connectivity index is 2.27. The van der Waals surface area contributed by atoms with Crippen molar-refractivity contribution >= 4 is 26.7 Å². The Bertz CT molecular complexity index is 508. The number of anilines is 1. The van der Waals surface area contributed by atoms with Crippen LogP contribution in [-0.4, -0.2) is 24.8 Å². The molecule has 0 amide bonds. The standard InChI is InChI=1S/C11H13N2OS/c1-12-6-8(14)7-13-9-4-2-3-5-10(9)15-11(12)13/h2-5,8,14H,6-7H2,1H3/q+1. The summed E-state index contributed by atoms with van der Waals surface area (Å²) < 4.78 is 3.49. The number of aliphatic hydroxyl groups excluding tert-OH is 1. The molecule has 2 aromatic rings. The monoisotopic (exact) mass is 221 g/mol. The van der Waals surface area contributed by atoms with Gasteiger partial charge in [-0.3, -0.25) is 4.90 Å². The number of para-hydroxylation sites is 1. The molecule has 78 valence electrons. The predicted molar refractivity (Wildman–Crippen MR) is 61.3 cm³/mol. The zero-order chi connectivity index (χ0) is 10.4. The first-order valence-corrected chi connectivity index (χ1v) is 5.88. The molecule has 0 aliphatic carbocycles. The van der Waals surface area contributed by atoms with Crippen LogP contribution >= 0.6 is 11.3 Å². The fourth-order valence-corrected chi connectivity index (χ4v) is 3.29. The molecular weight excluding hydrogens is 208 g/mol. The first-order valence-electron chi connectivity index (χ1n) is 5.06. The Hall–Kier alpha value is -1.13. The van der Waals surface area contributed by atoms with Crippen molar-refractivity contribution in [3.8, 4) is 0 Å². The number of aliphatic hydroxyl groups is 1. The molecule has 0 fully saturated rings. The zero-order valence-electron chi connectivity index (χ0n) is 8.55. The number of nitrogens with zero attached hydrogens (tertiary/aromatic N) is 2. The van der Waals surface area contributed by atoms with Crippen LogP contribution in [0.5, 0.6) is 0 Å². The summed E-state index contributed by atoms with van der Waals surface area (Å²) in [5, 5.41) is 11.0. The van der Waals surface area contributed by atoms with Crippen LogP contribution in [-0.2, 0) is 6.54 Å². The van der Waals surface area contributed by atoms with Crippen molar-refractivity contribution in [3.05, 3.63) is 24.3 Å². The summed E-state index contributed by atoms with van der Waals surface area (Å²) in [5.41, 5.74) is 1.23. The summed E-state index contributed by atoms with van der Waals surface area (Å²) in [6.07, 6.45) is -0.259. The fourth-order valence-electron chi connectivity index (χ4n) is 2.15. The van der Waals surface area contributed by atoms with Gasteiger partial charge in [0.25, 0.3) is 0 Å². The molecule has 1 atom stereocenters. The Labute approximate surface area is 92.2 Å². The van der Waals surface area contributed by atoms with Crippen LogP contribution in [0.3, 0.4) is 0 Å². The summed E-state index contributed by atoms with van der Waals surface area (Å²) in [7, 11) is 2.03. The SMILES string of the molecule is CN1CC(O)C[n+]2c1sc1ccccc12. The van der Waals surface area contributed by atoms with Gasteiger partial charge in [-0.2, -0.15) is 0 Å². The van der Waals surface area contributed by atoms with E-state index in [9.17, 15) is 5.11 Å². The van der Waals surface area contributed by atoms with E-state index >= 15 is 0 Å². The van der Waals surface area contributed by atoms with Gasteiger partial charge in [-0.25, -0.2) is 4.57 Å². The van der Waals surface area contributed by atoms with E-state index in [1.807, 2.05) is 13.1 Å². The molecule has 1 aliphatic heterocycles. The van der Waals surface area contributed by atoms with Crippen molar-refractivity contribution < 1.29 is 9.67 Å². The van der Waals surface area contributed by atoms with Gasteiger partial charge >= 0.3 is 5.13 Å². The van der Waals surface area contributed by atoms with E-state index in [0.717, 1.165) is 6.54 Å². The van der Waals surface area contributed by atoms with Crippen LogP contribution in [0.1, 0.15) is 0 Å². The van der Waals surface area contributed by atoms with Gasteiger partial charge in [0, 0.05) is 0 Å². The second-order valence-electron chi connectivity index (χ2n) is 4.00. The van der Waals surface area contributed by atoms with Crippen LogP contribution in [0.2, 0.25) is 0 Å². The topological polar surface area (TPSA) is 27.3 Å². The van der Waals surface area contributed by atoms with Crippen LogP contribution in [0.15, 0.2) is 24.3 Å². The molecule has 0 saturated heterocycles. The highest BCUT2D eigenvalue weighted by atomic mass is 32.1. The van der Waals surface area contributed by atoms with Gasteiger partial charge in [0.2, 0.25) is 0 Å². The Kier molecular flexibility index (Phi) is 1.94. The Morgan fingerprint density at radius 1 is 1.47 bits per heavy atom. The van der Waals surface area contributed by atoms with Gasteiger partial charge < -0.3 is 5.11 Å². The molecule has 1 aromatic carbocycles. The lowest BCUT2D eigenvalue weighted by Crippen LogP contribution is -2.52. The summed E-state index contributed by atoms with van der Waals surface area (Å²) in [4.78, 5) is 2.12. The number of rotatable bonds is 0. The molecule has 1 unspecified atom stereocenters. The van der Waals surface area contributed by atoms with Crippen LogP contribution in [0.25, 0.3) is 10.2 Å². The summed E-state index contributed by atoms with van der Waals surface area (Å²) in [6.45, 7) is 1.44. The number of hydrogen-bond acceptors (Lipinski definition) is 3. The number of benzene rings is 1. The second-order valence-corrected chi connectivity index (χ2v) is 5.01. The van der Waals surface area contributed by atoms with Crippen molar-refractivity contribution in [1.82, 2.24) is 0 Å². The molecule has 3 rings (SSSR count). The van der Waals surface area contributed by atoms with Gasteiger partial charge in [0.15, 0.2) is 0 Å². The second kappa shape index (κ2) is 3.18. The van der Waals surface area contributed by atoms with Crippen LogP contribution in [0, 0.1) is 0 Å². The highest BCUT2D eigenvalue weighted by molar-refractivity contribution is 7.21. The summed E-state index contributed by atoms with van der Waals surface area (Å²) >= 11 is 1.79. The maximum atomic E-state index is 9.75. The van der Waals surface area contributed by atoms with Gasteiger partial charge in [-0.05, 0) is 23.5 Å². The van der Waals surface area contributed by atoms with E-state index in [-0.39, 0.29) is 6.10 Å². The number of β-amino-alcohol motifs (C(OH)–C–C–N with tert-alkyl or cyclic N) is 1. The zero-order valence-corrected chi connectivity index (χ0v) is 9.37. The molecule has 4 heteroatoms. The Morgan fingerprint density at radius 3 is 3.13 bits per heavy atom. The lowest BCUT2D eigenvalue weighted by atomic mass is 10.2. The number of likely N-dealkylation sites (N-methyl/N-ethyl adjacent to an activating group) is 1. The van der Waals surface area contributed by atoms with E-state index in [1.165, 1.54) is 15.3 Å². The smallest absolute Gasteiger partial charge is 0.336 e. The van der Waals surface area contributed by atoms with Crippen LogP contribution in [0.4, 0.5) is 5.13 Å². The minimum absolute atomic E-state index is 0.259. The molecular formula is C11H13N2OS+. The number of aromatic nitrogens is 1. The number of fused-ring (bicyclic) bond motifs is 3. The van der Waals surface area contributed by atoms with Gasteiger partial charge in [-0.1, -0.05) is 12.1 Å². The third-order valence-corrected chi connectivity index (χ3v) is 4.07. The normalized spacial score (nSPS) is 20.7. The summed E-state index contributed by atoms with van der Waals surface area (Å²) in [5.74, 6) is 0. The molecule has 0 bridgehead atoms. The van der Waals surface area contributed by atoms with Crippen molar-refractivity contribution in [2.45, 2.75) is 12.6 Å². The molecule has 0 spiro atoms. The maximum Gasteiger partial charge on any atom is 0.336 e. The fraction of sp³-hybridized carbons (Fsp3) is 0.364. The third kappa shape index (κ3) is 1.33. The average Bonchev–Trinajstić information content (AvgIpc) is 2.57. The van der Waals surface area contributed by atoms with E-state index < -0.39 is 0 Å². The number of thiazole rings is 1. The first kappa shape index (κ1) is 9.12. The quantitative estimate of drug-likeness (QED) is 0.672. The molecule has 15 heavy (non-hydrogen) atoms. The molecule has 0 saturated carbocycles. The highest BCUT2D eigenvalue weighted by Gasteiger charge is 2.31. The molecule has 3 nitrogen and oxygen atoms in total. The third-order valence-electron chi connectivity index (χ3n) is 2.79. The van der Waals surface area contributed by atoms with E-state index in [0.29, 0.717) is 6.54 Å². The maximum absolute atomic E-state index is 9.75. The molecule has 2 heterocycles.